The summed E-state index contributed by atoms with van der Waals surface area (Å²) in [5, 5.41) is 11.6. The van der Waals surface area contributed by atoms with Crippen LogP contribution in [-0.2, 0) is 16.1 Å². The molecule has 0 fully saturated rings. The van der Waals surface area contributed by atoms with Crippen LogP contribution >= 0.6 is 0 Å². The number of carbonyl (C=O) groups is 2. The van der Waals surface area contributed by atoms with Crippen molar-refractivity contribution in [1.29, 1.82) is 0 Å². The molecule has 1 aromatic heterocycles. The minimum absolute atomic E-state index is 0.0635. The maximum atomic E-state index is 11.9. The molecule has 0 aliphatic heterocycles. The number of imidazole rings is 1. The molecule has 0 saturated heterocycles. The molecule has 0 aliphatic carbocycles. The van der Waals surface area contributed by atoms with E-state index in [1.807, 2.05) is 31.2 Å². The standard InChI is InChI=1S/C14H17N3O3/c1-2-5-11(14(19)20)16-13(18)8-17-9-15-10-6-3-4-7-12(10)17/h3-4,6-7,9,11H,2,5,8H2,1H3,(H,16,18)(H,19,20). The molecule has 2 N–H and O–H groups in total. The van der Waals surface area contributed by atoms with Gasteiger partial charge in [-0.15, -0.1) is 0 Å². The van der Waals surface area contributed by atoms with E-state index < -0.39 is 12.0 Å². The van der Waals surface area contributed by atoms with Crippen LogP contribution in [-0.4, -0.2) is 32.6 Å². The number of aliphatic carboxylic acids is 1. The molecule has 2 aromatic rings. The first-order chi connectivity index (χ1) is 9.61. The number of nitrogens with zero attached hydrogens (tertiary/aromatic N) is 2. The van der Waals surface area contributed by atoms with Crippen molar-refractivity contribution >= 4 is 22.9 Å². The fraction of sp³-hybridized carbons (Fsp3) is 0.357. The predicted octanol–water partition coefficient (Wildman–Crippen LogP) is 1.41. The zero-order valence-electron chi connectivity index (χ0n) is 11.2. The van der Waals surface area contributed by atoms with Crippen LogP contribution in [0.15, 0.2) is 30.6 Å². The third kappa shape index (κ3) is 3.14. The minimum atomic E-state index is -1.00. The first kappa shape index (κ1) is 14.0. The van der Waals surface area contributed by atoms with E-state index in [1.54, 1.807) is 10.9 Å². The van der Waals surface area contributed by atoms with E-state index in [9.17, 15) is 9.59 Å². The number of amides is 1. The highest BCUT2D eigenvalue weighted by molar-refractivity contribution is 5.84. The summed E-state index contributed by atoms with van der Waals surface area (Å²) in [7, 11) is 0. The smallest absolute Gasteiger partial charge is 0.326 e. The van der Waals surface area contributed by atoms with Gasteiger partial charge >= 0.3 is 5.97 Å². The molecular formula is C14H17N3O3. The summed E-state index contributed by atoms with van der Waals surface area (Å²) in [5.74, 6) is -1.33. The molecule has 0 aliphatic rings. The zero-order valence-corrected chi connectivity index (χ0v) is 11.2. The number of nitrogens with one attached hydrogen (secondary N) is 1. The molecule has 1 aromatic carbocycles. The molecule has 1 heterocycles. The van der Waals surface area contributed by atoms with E-state index in [0.717, 1.165) is 11.0 Å². The van der Waals surface area contributed by atoms with E-state index in [-0.39, 0.29) is 12.5 Å². The second kappa shape index (κ2) is 6.18. The summed E-state index contributed by atoms with van der Waals surface area (Å²) in [6, 6.07) is 6.65. The Hall–Kier alpha value is -2.37. The summed E-state index contributed by atoms with van der Waals surface area (Å²) >= 11 is 0. The minimum Gasteiger partial charge on any atom is -0.480 e. The predicted molar refractivity (Wildman–Crippen MR) is 74.2 cm³/mol. The number of hydrogen-bond donors (Lipinski definition) is 2. The van der Waals surface area contributed by atoms with Crippen molar-refractivity contribution in [2.75, 3.05) is 0 Å². The summed E-state index contributed by atoms with van der Waals surface area (Å²) in [4.78, 5) is 27.1. The van der Waals surface area contributed by atoms with E-state index in [0.29, 0.717) is 12.8 Å². The summed E-state index contributed by atoms with van der Waals surface area (Å²) < 4.78 is 1.70. The molecule has 0 saturated carbocycles. The van der Waals surface area contributed by atoms with Crippen LogP contribution in [0.4, 0.5) is 0 Å². The molecule has 1 unspecified atom stereocenters. The molecule has 0 spiro atoms. The fourth-order valence-electron chi connectivity index (χ4n) is 2.08. The lowest BCUT2D eigenvalue weighted by molar-refractivity contribution is -0.142. The lowest BCUT2D eigenvalue weighted by Crippen LogP contribution is -2.42. The van der Waals surface area contributed by atoms with E-state index in [1.165, 1.54) is 0 Å². The topological polar surface area (TPSA) is 84.2 Å². The Bertz CT molecular complexity index is 621. The summed E-state index contributed by atoms with van der Waals surface area (Å²) in [5.41, 5.74) is 1.66. The highest BCUT2D eigenvalue weighted by Crippen LogP contribution is 2.11. The van der Waals surface area contributed by atoms with Gasteiger partial charge in [0.25, 0.3) is 0 Å². The van der Waals surface area contributed by atoms with Gasteiger partial charge in [0.2, 0.25) is 5.91 Å². The highest BCUT2D eigenvalue weighted by atomic mass is 16.4. The van der Waals surface area contributed by atoms with Gasteiger partial charge in [-0.05, 0) is 18.6 Å². The number of carbonyl (C=O) groups excluding carboxylic acids is 1. The summed E-state index contributed by atoms with van der Waals surface area (Å²) in [6.45, 7) is 1.94. The Morgan fingerprint density at radius 1 is 1.40 bits per heavy atom. The van der Waals surface area contributed by atoms with Crippen molar-refractivity contribution in [1.82, 2.24) is 14.9 Å². The average Bonchev–Trinajstić information content (AvgIpc) is 2.81. The van der Waals surface area contributed by atoms with Crippen LogP contribution in [0.25, 0.3) is 11.0 Å². The van der Waals surface area contributed by atoms with Gasteiger partial charge in [0, 0.05) is 0 Å². The first-order valence-electron chi connectivity index (χ1n) is 6.54. The molecule has 20 heavy (non-hydrogen) atoms. The van der Waals surface area contributed by atoms with Gasteiger partial charge in [0.15, 0.2) is 0 Å². The Morgan fingerprint density at radius 3 is 2.85 bits per heavy atom. The lowest BCUT2D eigenvalue weighted by atomic mass is 10.1. The molecule has 6 heteroatoms. The monoisotopic (exact) mass is 275 g/mol. The third-order valence-corrected chi connectivity index (χ3v) is 3.05. The van der Waals surface area contributed by atoms with E-state index in [4.69, 9.17) is 5.11 Å². The van der Waals surface area contributed by atoms with Gasteiger partial charge in [-0.3, -0.25) is 4.79 Å². The van der Waals surface area contributed by atoms with Crippen molar-refractivity contribution in [3.05, 3.63) is 30.6 Å². The first-order valence-corrected chi connectivity index (χ1v) is 6.54. The van der Waals surface area contributed by atoms with Crippen molar-refractivity contribution in [2.45, 2.75) is 32.4 Å². The number of aromatic nitrogens is 2. The maximum Gasteiger partial charge on any atom is 0.326 e. The number of fused-ring (bicyclic) bond motifs is 1. The average molecular weight is 275 g/mol. The fourth-order valence-corrected chi connectivity index (χ4v) is 2.08. The van der Waals surface area contributed by atoms with Gasteiger partial charge in [0.05, 0.1) is 17.4 Å². The number of para-hydroxylation sites is 2. The van der Waals surface area contributed by atoms with Crippen LogP contribution in [0.3, 0.4) is 0 Å². The molecule has 2 rings (SSSR count). The molecule has 0 bridgehead atoms. The summed E-state index contributed by atoms with van der Waals surface area (Å²) in [6.07, 6.45) is 2.71. The largest absolute Gasteiger partial charge is 0.480 e. The Morgan fingerprint density at radius 2 is 2.15 bits per heavy atom. The third-order valence-electron chi connectivity index (χ3n) is 3.05. The van der Waals surface area contributed by atoms with Gasteiger partial charge in [-0.2, -0.15) is 0 Å². The number of hydrogen-bond acceptors (Lipinski definition) is 3. The van der Waals surface area contributed by atoms with Crippen molar-refractivity contribution in [2.24, 2.45) is 0 Å². The van der Waals surface area contributed by atoms with E-state index in [2.05, 4.69) is 10.3 Å². The van der Waals surface area contributed by atoms with Crippen LogP contribution in [0.1, 0.15) is 19.8 Å². The SMILES string of the molecule is CCCC(NC(=O)Cn1cnc2ccccc21)C(=O)O. The van der Waals surface area contributed by atoms with Gasteiger partial charge in [-0.1, -0.05) is 25.5 Å². The molecular weight excluding hydrogens is 258 g/mol. The van der Waals surface area contributed by atoms with Crippen molar-refractivity contribution < 1.29 is 14.7 Å². The highest BCUT2D eigenvalue weighted by Gasteiger charge is 2.19. The van der Waals surface area contributed by atoms with Crippen molar-refractivity contribution in [3.63, 3.8) is 0 Å². The van der Waals surface area contributed by atoms with Gasteiger partial charge < -0.3 is 15.0 Å². The quantitative estimate of drug-likeness (QED) is 0.834. The maximum absolute atomic E-state index is 11.9. The van der Waals surface area contributed by atoms with Gasteiger partial charge in [-0.25, -0.2) is 9.78 Å². The number of benzene rings is 1. The van der Waals surface area contributed by atoms with E-state index >= 15 is 0 Å². The van der Waals surface area contributed by atoms with Crippen LogP contribution in [0.2, 0.25) is 0 Å². The molecule has 6 nitrogen and oxygen atoms in total. The second-order valence-electron chi connectivity index (χ2n) is 4.61. The molecule has 0 radical (unpaired) electrons. The van der Waals surface area contributed by atoms with Gasteiger partial charge in [0.1, 0.15) is 12.6 Å². The van der Waals surface area contributed by atoms with Crippen LogP contribution in [0.5, 0.6) is 0 Å². The normalized spacial score (nSPS) is 12.2. The molecule has 106 valence electrons. The Labute approximate surface area is 116 Å². The Balaban J connectivity index is 2.06. The molecule has 1 amide bonds. The lowest BCUT2D eigenvalue weighted by Gasteiger charge is -2.13. The zero-order chi connectivity index (χ0) is 14.5. The number of rotatable bonds is 6. The molecule has 1 atom stereocenters. The van der Waals surface area contributed by atoms with Crippen LogP contribution in [0, 0.1) is 0 Å². The van der Waals surface area contributed by atoms with Crippen LogP contribution < -0.4 is 5.32 Å². The second-order valence-corrected chi connectivity index (χ2v) is 4.61. The number of carboxylic acid groups (broad SMARTS) is 1. The Kier molecular flexibility index (Phi) is 4.34. The van der Waals surface area contributed by atoms with Crippen molar-refractivity contribution in [3.8, 4) is 0 Å². The number of carboxylic acids is 1.